The number of halogens is 1. The van der Waals surface area contributed by atoms with Crippen molar-refractivity contribution in [2.45, 2.75) is 38.1 Å². The summed E-state index contributed by atoms with van der Waals surface area (Å²) in [5.41, 5.74) is 1.32. The molecule has 0 bridgehead atoms. The van der Waals surface area contributed by atoms with Crippen molar-refractivity contribution in [2.75, 3.05) is 39.4 Å². The number of hydrogen-bond acceptors (Lipinski definition) is 3. The van der Waals surface area contributed by atoms with Gasteiger partial charge < -0.3 is 15.0 Å². The molecule has 4 heteroatoms. The van der Waals surface area contributed by atoms with E-state index in [4.69, 9.17) is 16.3 Å². The maximum atomic E-state index is 6.09. The first kappa shape index (κ1) is 17.2. The zero-order chi connectivity index (χ0) is 16.1. The van der Waals surface area contributed by atoms with E-state index < -0.39 is 0 Å². The third-order valence-corrected chi connectivity index (χ3v) is 5.49. The number of nitrogens with zero attached hydrogens (tertiary/aromatic N) is 1. The second-order valence-electron chi connectivity index (χ2n) is 7.17. The molecule has 23 heavy (non-hydrogen) atoms. The van der Waals surface area contributed by atoms with E-state index in [-0.39, 0.29) is 0 Å². The molecule has 0 aromatic heterocycles. The number of hydrogen-bond donors (Lipinski definition) is 1. The Morgan fingerprint density at radius 3 is 2.83 bits per heavy atom. The Labute approximate surface area is 145 Å². The minimum Gasteiger partial charge on any atom is -0.381 e. The highest BCUT2D eigenvalue weighted by molar-refractivity contribution is 6.30. The molecule has 3 nitrogen and oxygen atoms in total. The predicted molar refractivity (Wildman–Crippen MR) is 96.3 cm³/mol. The van der Waals surface area contributed by atoms with E-state index >= 15 is 0 Å². The first-order valence-corrected chi connectivity index (χ1v) is 9.37. The van der Waals surface area contributed by atoms with Crippen molar-refractivity contribution in [3.8, 4) is 0 Å². The molecule has 0 unspecified atom stereocenters. The minimum absolute atomic E-state index is 0.502. The largest absolute Gasteiger partial charge is 0.381 e. The second-order valence-corrected chi connectivity index (χ2v) is 7.61. The molecule has 2 aliphatic heterocycles. The van der Waals surface area contributed by atoms with Crippen molar-refractivity contribution in [1.29, 1.82) is 0 Å². The zero-order valence-electron chi connectivity index (χ0n) is 14.1. The monoisotopic (exact) mass is 336 g/mol. The van der Waals surface area contributed by atoms with Gasteiger partial charge in [-0.3, -0.25) is 0 Å². The maximum Gasteiger partial charge on any atom is 0.0507 e. The van der Waals surface area contributed by atoms with Gasteiger partial charge in [0.25, 0.3) is 0 Å². The maximum absolute atomic E-state index is 6.09. The van der Waals surface area contributed by atoms with Gasteiger partial charge in [0.15, 0.2) is 0 Å². The fraction of sp³-hybridized carbons (Fsp3) is 0.684. The molecule has 0 radical (unpaired) electrons. The highest BCUT2D eigenvalue weighted by Crippen LogP contribution is 2.20. The fourth-order valence-corrected chi connectivity index (χ4v) is 3.89. The van der Waals surface area contributed by atoms with Crippen LogP contribution >= 0.6 is 11.6 Å². The summed E-state index contributed by atoms with van der Waals surface area (Å²) < 4.78 is 5.49. The molecule has 0 spiro atoms. The van der Waals surface area contributed by atoms with Gasteiger partial charge in [0, 0.05) is 30.8 Å². The Morgan fingerprint density at radius 2 is 2.13 bits per heavy atom. The molecule has 2 fully saturated rings. The van der Waals surface area contributed by atoms with E-state index in [9.17, 15) is 0 Å². The number of piperidine rings is 1. The van der Waals surface area contributed by atoms with E-state index in [0.29, 0.717) is 12.0 Å². The molecule has 0 amide bonds. The van der Waals surface area contributed by atoms with Gasteiger partial charge in [-0.05, 0) is 61.9 Å². The number of ether oxygens (including phenoxy) is 1. The van der Waals surface area contributed by atoms with Crippen LogP contribution in [0, 0.1) is 5.92 Å². The van der Waals surface area contributed by atoms with Crippen LogP contribution in [0.2, 0.25) is 5.02 Å². The van der Waals surface area contributed by atoms with E-state index in [0.717, 1.165) is 30.7 Å². The average Bonchev–Trinajstić information content (AvgIpc) is 3.07. The van der Waals surface area contributed by atoms with Crippen molar-refractivity contribution in [2.24, 2.45) is 5.92 Å². The molecular weight excluding hydrogens is 308 g/mol. The lowest BCUT2D eigenvalue weighted by atomic mass is 9.98. The highest BCUT2D eigenvalue weighted by Gasteiger charge is 2.23. The van der Waals surface area contributed by atoms with Crippen molar-refractivity contribution in [1.82, 2.24) is 10.2 Å². The topological polar surface area (TPSA) is 24.5 Å². The van der Waals surface area contributed by atoms with Gasteiger partial charge >= 0.3 is 0 Å². The highest BCUT2D eigenvalue weighted by atomic mass is 35.5. The first-order chi connectivity index (χ1) is 11.2. The lowest BCUT2D eigenvalue weighted by Crippen LogP contribution is -2.44. The number of benzene rings is 1. The Morgan fingerprint density at radius 1 is 1.30 bits per heavy atom. The van der Waals surface area contributed by atoms with Crippen LogP contribution in [0.25, 0.3) is 0 Å². The van der Waals surface area contributed by atoms with E-state index in [1.54, 1.807) is 0 Å². The van der Waals surface area contributed by atoms with Crippen LogP contribution in [-0.4, -0.2) is 50.3 Å². The third kappa shape index (κ3) is 5.18. The quantitative estimate of drug-likeness (QED) is 0.860. The first-order valence-electron chi connectivity index (χ1n) is 8.99. The molecule has 2 atom stereocenters. The Hall–Kier alpha value is -0.610. The molecule has 1 aromatic carbocycles. The van der Waals surface area contributed by atoms with Gasteiger partial charge in [-0.15, -0.1) is 0 Å². The summed E-state index contributed by atoms with van der Waals surface area (Å²) in [6.45, 7) is 8.90. The molecular formula is C19H29ClN2O. The van der Waals surface area contributed by atoms with E-state index in [1.165, 1.54) is 44.5 Å². The number of nitrogens with one attached hydrogen (secondary N) is 1. The molecule has 128 valence electrons. The van der Waals surface area contributed by atoms with Crippen LogP contribution in [0.3, 0.4) is 0 Å². The van der Waals surface area contributed by atoms with Crippen LogP contribution in [0.4, 0.5) is 0 Å². The summed E-state index contributed by atoms with van der Waals surface area (Å²) in [5.74, 6) is 1.27. The van der Waals surface area contributed by atoms with Crippen molar-refractivity contribution in [3.05, 3.63) is 34.9 Å². The predicted octanol–water partition coefficient (Wildman–Crippen LogP) is 3.53. The van der Waals surface area contributed by atoms with Gasteiger partial charge in [0.2, 0.25) is 0 Å². The number of likely N-dealkylation sites (tertiary alicyclic amines) is 1. The normalized spacial score (nSPS) is 24.9. The molecule has 2 saturated heterocycles. The Kier molecular flexibility index (Phi) is 6.35. The van der Waals surface area contributed by atoms with Crippen molar-refractivity contribution in [3.63, 3.8) is 0 Å². The summed E-state index contributed by atoms with van der Waals surface area (Å²) in [6, 6.07) is 8.90. The zero-order valence-corrected chi connectivity index (χ0v) is 14.9. The Balaban J connectivity index is 1.37. The van der Waals surface area contributed by atoms with E-state index in [2.05, 4.69) is 29.3 Å². The van der Waals surface area contributed by atoms with Crippen LogP contribution in [0.5, 0.6) is 0 Å². The van der Waals surface area contributed by atoms with Gasteiger partial charge in [0.05, 0.1) is 6.61 Å². The molecule has 2 aliphatic rings. The van der Waals surface area contributed by atoms with Gasteiger partial charge in [-0.1, -0.05) is 30.7 Å². The van der Waals surface area contributed by atoms with Crippen LogP contribution in [0.15, 0.2) is 24.3 Å². The molecule has 1 aromatic rings. The van der Waals surface area contributed by atoms with E-state index in [1.807, 2.05) is 12.1 Å². The molecule has 0 aliphatic carbocycles. The van der Waals surface area contributed by atoms with Gasteiger partial charge in [-0.2, -0.15) is 0 Å². The van der Waals surface area contributed by atoms with Gasteiger partial charge in [0.1, 0.15) is 0 Å². The molecule has 1 N–H and O–H groups in total. The minimum atomic E-state index is 0.502. The standard InChI is InChI=1S/C19H29ClN2O/c1-15(17-3-2-4-18(20)11-17)12-21-19-5-8-22(9-6-19)13-16-7-10-23-14-16/h2-4,11,15-16,19,21H,5-10,12-14H2,1H3/t15-,16+/m1/s1. The third-order valence-electron chi connectivity index (χ3n) is 5.26. The number of rotatable bonds is 6. The lowest BCUT2D eigenvalue weighted by Gasteiger charge is -2.34. The summed E-state index contributed by atoms with van der Waals surface area (Å²) in [7, 11) is 0. The van der Waals surface area contributed by atoms with Crippen LogP contribution in [-0.2, 0) is 4.74 Å². The molecule has 3 rings (SSSR count). The van der Waals surface area contributed by atoms with Crippen LogP contribution in [0.1, 0.15) is 37.7 Å². The molecule has 0 saturated carbocycles. The van der Waals surface area contributed by atoms with Crippen molar-refractivity contribution < 1.29 is 4.74 Å². The lowest BCUT2D eigenvalue weighted by molar-refractivity contribution is 0.147. The summed E-state index contributed by atoms with van der Waals surface area (Å²) in [6.07, 6.45) is 3.76. The summed E-state index contributed by atoms with van der Waals surface area (Å²) in [5, 5.41) is 4.59. The van der Waals surface area contributed by atoms with Gasteiger partial charge in [-0.25, -0.2) is 0 Å². The molecule has 2 heterocycles. The average molecular weight is 337 g/mol. The summed E-state index contributed by atoms with van der Waals surface area (Å²) >= 11 is 6.09. The Bertz CT molecular complexity index is 482. The smallest absolute Gasteiger partial charge is 0.0507 e. The van der Waals surface area contributed by atoms with Crippen molar-refractivity contribution >= 4 is 11.6 Å². The SMILES string of the molecule is C[C@H](CNC1CCN(C[C@@H]2CCOC2)CC1)c1cccc(Cl)c1. The second kappa shape index (κ2) is 8.48. The summed E-state index contributed by atoms with van der Waals surface area (Å²) in [4.78, 5) is 2.62. The van der Waals surface area contributed by atoms with Crippen LogP contribution < -0.4 is 5.32 Å². The fourth-order valence-electron chi connectivity index (χ4n) is 3.69.